The van der Waals surface area contributed by atoms with Crippen LogP contribution in [-0.4, -0.2) is 45.9 Å². The minimum absolute atomic E-state index is 0. The molecule has 2 aromatic carbocycles. The fourth-order valence-corrected chi connectivity index (χ4v) is 3.32. The maximum atomic E-state index is 5.42. The number of hydrogen-bond donors (Lipinski definition) is 2. The predicted molar refractivity (Wildman–Crippen MR) is 133 cm³/mol. The van der Waals surface area contributed by atoms with Gasteiger partial charge in [-0.15, -0.1) is 24.0 Å². The molecule has 2 N–H and O–H groups in total. The smallest absolute Gasteiger partial charge is 0.191 e. The van der Waals surface area contributed by atoms with E-state index in [1.54, 1.807) is 0 Å². The average Bonchev–Trinajstić information content (AvgIpc) is 2.75. The molecule has 1 fully saturated rings. The highest BCUT2D eigenvalue weighted by Crippen LogP contribution is 2.17. The average molecular weight is 508 g/mol. The van der Waals surface area contributed by atoms with Gasteiger partial charge >= 0.3 is 0 Å². The molecule has 1 unspecified atom stereocenters. The van der Waals surface area contributed by atoms with Crippen LogP contribution in [0.25, 0.3) is 0 Å². The van der Waals surface area contributed by atoms with Crippen LogP contribution in [0.15, 0.2) is 53.5 Å². The van der Waals surface area contributed by atoms with Crippen LogP contribution in [0.5, 0.6) is 0 Å². The molecule has 2 aromatic rings. The Morgan fingerprint density at radius 3 is 2.31 bits per heavy atom. The summed E-state index contributed by atoms with van der Waals surface area (Å²) in [6.45, 7) is 9.50. The number of benzene rings is 2. The van der Waals surface area contributed by atoms with E-state index in [9.17, 15) is 0 Å². The summed E-state index contributed by atoms with van der Waals surface area (Å²) in [5, 5.41) is 6.84. The Bertz CT molecular complexity index is 755. The summed E-state index contributed by atoms with van der Waals surface area (Å²) in [6.07, 6.45) is 0. The van der Waals surface area contributed by atoms with E-state index in [2.05, 4.69) is 82.9 Å². The van der Waals surface area contributed by atoms with Crippen LogP contribution in [-0.2, 0) is 11.3 Å². The molecule has 1 heterocycles. The van der Waals surface area contributed by atoms with Crippen LogP contribution in [0, 0.1) is 6.92 Å². The maximum absolute atomic E-state index is 5.42. The van der Waals surface area contributed by atoms with Gasteiger partial charge in [-0.1, -0.05) is 48.9 Å². The highest BCUT2D eigenvalue weighted by Gasteiger charge is 2.11. The molecule has 1 atom stereocenters. The number of hydrogen-bond acceptors (Lipinski definition) is 3. The first kappa shape index (κ1) is 23.5. The quantitative estimate of drug-likeness (QED) is 0.353. The van der Waals surface area contributed by atoms with E-state index in [1.165, 1.54) is 22.4 Å². The first-order chi connectivity index (χ1) is 13.7. The molecule has 6 heteroatoms. The molecular weight excluding hydrogens is 475 g/mol. The van der Waals surface area contributed by atoms with Crippen molar-refractivity contribution in [3.63, 3.8) is 0 Å². The third-order valence-corrected chi connectivity index (χ3v) is 5.22. The number of anilines is 1. The highest BCUT2D eigenvalue weighted by atomic mass is 127. The van der Waals surface area contributed by atoms with E-state index in [0.29, 0.717) is 5.92 Å². The Labute approximate surface area is 192 Å². The number of nitrogens with one attached hydrogen (secondary N) is 2. The minimum atomic E-state index is 0. The van der Waals surface area contributed by atoms with Gasteiger partial charge < -0.3 is 20.3 Å². The van der Waals surface area contributed by atoms with Crippen LogP contribution in [0.1, 0.15) is 29.5 Å². The lowest BCUT2D eigenvalue weighted by Gasteiger charge is -2.29. The standard InChI is InChI=1S/C23H32N4O.HI/c1-18-4-8-21(9-5-18)19(2)16-25-23(24-3)26-17-20-6-10-22(11-7-20)27-12-14-28-15-13-27;/h4-11,19H,12-17H2,1-3H3,(H2,24,25,26);1H. The summed E-state index contributed by atoms with van der Waals surface area (Å²) < 4.78 is 5.42. The zero-order valence-corrected chi connectivity index (χ0v) is 20.0. The van der Waals surface area contributed by atoms with E-state index >= 15 is 0 Å². The van der Waals surface area contributed by atoms with Crippen LogP contribution in [0.3, 0.4) is 0 Å². The summed E-state index contributed by atoms with van der Waals surface area (Å²) in [4.78, 5) is 6.71. The molecule has 0 bridgehead atoms. The van der Waals surface area contributed by atoms with Gasteiger partial charge in [0.2, 0.25) is 0 Å². The van der Waals surface area contributed by atoms with Crippen LogP contribution in [0.2, 0.25) is 0 Å². The molecule has 29 heavy (non-hydrogen) atoms. The van der Waals surface area contributed by atoms with Crippen LogP contribution < -0.4 is 15.5 Å². The Morgan fingerprint density at radius 1 is 1.03 bits per heavy atom. The minimum Gasteiger partial charge on any atom is -0.378 e. The lowest BCUT2D eigenvalue weighted by atomic mass is 10.0. The molecule has 5 nitrogen and oxygen atoms in total. The fraction of sp³-hybridized carbons (Fsp3) is 0.435. The Morgan fingerprint density at radius 2 is 1.69 bits per heavy atom. The van der Waals surface area contributed by atoms with Gasteiger partial charge in [0.25, 0.3) is 0 Å². The molecule has 0 amide bonds. The van der Waals surface area contributed by atoms with E-state index in [1.807, 2.05) is 7.05 Å². The largest absolute Gasteiger partial charge is 0.378 e. The summed E-state index contributed by atoms with van der Waals surface area (Å²) >= 11 is 0. The van der Waals surface area contributed by atoms with Crippen molar-refractivity contribution in [1.29, 1.82) is 0 Å². The second-order valence-corrected chi connectivity index (χ2v) is 7.38. The Kier molecular flexibility index (Phi) is 9.73. The number of morpholine rings is 1. The van der Waals surface area contributed by atoms with Crippen molar-refractivity contribution < 1.29 is 4.74 Å². The van der Waals surface area contributed by atoms with Gasteiger partial charge in [0.15, 0.2) is 5.96 Å². The lowest BCUT2D eigenvalue weighted by molar-refractivity contribution is 0.122. The van der Waals surface area contributed by atoms with Crippen molar-refractivity contribution in [1.82, 2.24) is 10.6 Å². The molecule has 1 aliphatic heterocycles. The van der Waals surface area contributed by atoms with Gasteiger partial charge in [-0.2, -0.15) is 0 Å². The van der Waals surface area contributed by atoms with E-state index < -0.39 is 0 Å². The number of nitrogens with zero attached hydrogens (tertiary/aromatic N) is 2. The van der Waals surface area contributed by atoms with Crippen LogP contribution in [0.4, 0.5) is 5.69 Å². The van der Waals surface area contributed by atoms with Gasteiger partial charge in [0, 0.05) is 38.9 Å². The molecule has 1 aliphatic rings. The molecule has 0 radical (unpaired) electrons. The third kappa shape index (κ3) is 7.19. The van der Waals surface area contributed by atoms with Gasteiger partial charge in [0.05, 0.1) is 13.2 Å². The number of guanidine groups is 1. The molecular formula is C23H33IN4O. The van der Waals surface area contributed by atoms with Crippen molar-refractivity contribution in [2.24, 2.45) is 4.99 Å². The van der Waals surface area contributed by atoms with Crippen LogP contribution >= 0.6 is 24.0 Å². The second kappa shape index (κ2) is 12.0. The third-order valence-electron chi connectivity index (χ3n) is 5.22. The molecule has 0 aliphatic carbocycles. The summed E-state index contributed by atoms with van der Waals surface area (Å²) in [5.74, 6) is 1.25. The van der Waals surface area contributed by atoms with Gasteiger partial charge in [-0.25, -0.2) is 0 Å². The van der Waals surface area contributed by atoms with Crippen molar-refractivity contribution in [2.75, 3.05) is 44.8 Å². The predicted octanol–water partition coefficient (Wildman–Crippen LogP) is 3.92. The lowest BCUT2D eigenvalue weighted by Crippen LogP contribution is -2.38. The topological polar surface area (TPSA) is 48.9 Å². The normalized spacial score (nSPS) is 15.4. The number of aryl methyl sites for hydroxylation is 1. The molecule has 0 saturated carbocycles. The number of ether oxygens (including phenoxy) is 1. The zero-order valence-electron chi connectivity index (χ0n) is 17.6. The summed E-state index contributed by atoms with van der Waals surface area (Å²) in [6, 6.07) is 17.5. The fourth-order valence-electron chi connectivity index (χ4n) is 3.32. The first-order valence-corrected chi connectivity index (χ1v) is 10.1. The van der Waals surface area contributed by atoms with Gasteiger partial charge in [0.1, 0.15) is 0 Å². The molecule has 0 spiro atoms. The van der Waals surface area contributed by atoms with Gasteiger partial charge in [-0.05, 0) is 36.1 Å². The number of aliphatic imine (C=N–C) groups is 1. The van der Waals surface area contributed by atoms with Gasteiger partial charge in [-0.3, -0.25) is 4.99 Å². The Hall–Kier alpha value is -1.80. The van der Waals surface area contributed by atoms with E-state index in [0.717, 1.165) is 45.4 Å². The van der Waals surface area contributed by atoms with Crippen molar-refractivity contribution in [2.45, 2.75) is 26.3 Å². The Balaban J connectivity index is 0.00000300. The monoisotopic (exact) mass is 508 g/mol. The number of halogens is 1. The second-order valence-electron chi connectivity index (χ2n) is 7.38. The first-order valence-electron chi connectivity index (χ1n) is 10.1. The maximum Gasteiger partial charge on any atom is 0.191 e. The molecule has 3 rings (SSSR count). The molecule has 0 aromatic heterocycles. The van der Waals surface area contributed by atoms with Crippen molar-refractivity contribution >= 4 is 35.6 Å². The zero-order chi connectivity index (χ0) is 19.8. The SMILES string of the molecule is CN=C(NCc1ccc(N2CCOCC2)cc1)NCC(C)c1ccc(C)cc1.I. The number of rotatable bonds is 6. The summed E-state index contributed by atoms with van der Waals surface area (Å²) in [5.41, 5.74) is 5.14. The van der Waals surface area contributed by atoms with E-state index in [-0.39, 0.29) is 24.0 Å². The van der Waals surface area contributed by atoms with Crippen molar-refractivity contribution in [3.05, 3.63) is 65.2 Å². The molecule has 158 valence electrons. The highest BCUT2D eigenvalue weighted by molar-refractivity contribution is 14.0. The summed E-state index contributed by atoms with van der Waals surface area (Å²) in [7, 11) is 1.81. The van der Waals surface area contributed by atoms with E-state index in [4.69, 9.17) is 4.74 Å². The van der Waals surface area contributed by atoms with Crippen molar-refractivity contribution in [3.8, 4) is 0 Å². The molecule has 1 saturated heterocycles.